The summed E-state index contributed by atoms with van der Waals surface area (Å²) in [4.78, 5) is 79.9. The molecule has 1 N–H and O–H groups in total. The number of aliphatic hydroxyl groups is 1. The number of ether oxygens (including phenoxy) is 7. The predicted molar refractivity (Wildman–Crippen MR) is 306 cm³/mol. The number of rotatable bonds is 14. The van der Waals surface area contributed by atoms with Gasteiger partial charge < -0.3 is 38.3 Å². The van der Waals surface area contributed by atoms with E-state index in [1.54, 1.807) is 20.8 Å². The van der Waals surface area contributed by atoms with Crippen LogP contribution in [0.1, 0.15) is 184 Å². The van der Waals surface area contributed by atoms with Gasteiger partial charge in [-0.2, -0.15) is 8.42 Å². The van der Waals surface area contributed by atoms with Crippen molar-refractivity contribution in [3.8, 4) is 0 Å². The van der Waals surface area contributed by atoms with Gasteiger partial charge in [-0.3, -0.25) is 4.18 Å². The molecule has 0 aromatic heterocycles. The fraction of sp³-hybridized carbons (Fsp3) is 0.734. The third-order valence-electron chi connectivity index (χ3n) is 19.5. The lowest BCUT2D eigenvalue weighted by molar-refractivity contribution is -0.221. The van der Waals surface area contributed by atoms with E-state index >= 15 is 0 Å². The lowest BCUT2D eigenvalue weighted by Gasteiger charge is -2.61. The number of esters is 7. The molecule has 10 bridgehead atoms. The van der Waals surface area contributed by atoms with Crippen LogP contribution in [0, 0.1) is 53.3 Å². The topological polar surface area (TPSA) is 248 Å². The molecule has 8 unspecified atom stereocenters. The Morgan fingerprint density at radius 2 is 1.17 bits per heavy atom. The van der Waals surface area contributed by atoms with E-state index < -0.39 is 75.4 Å². The van der Waals surface area contributed by atoms with Crippen molar-refractivity contribution in [2.24, 2.45) is 53.3 Å². The van der Waals surface area contributed by atoms with Gasteiger partial charge in [-0.1, -0.05) is 60.1 Å². The molecule has 0 radical (unpaired) electrons. The Balaban J connectivity index is 0.000000151. The van der Waals surface area contributed by atoms with Gasteiger partial charge in [0.05, 0.1) is 17.5 Å². The molecule has 0 amide bonds. The minimum Gasteiger partial charge on any atom is -0.463 e. The first-order valence-corrected chi connectivity index (χ1v) is 31.7. The van der Waals surface area contributed by atoms with E-state index in [1.807, 2.05) is 0 Å². The number of cyclic esters (lactones) is 1. The van der Waals surface area contributed by atoms with E-state index in [-0.39, 0.29) is 52.1 Å². The molecule has 11 saturated carbocycles. The van der Waals surface area contributed by atoms with E-state index in [0.29, 0.717) is 78.6 Å². The summed E-state index contributed by atoms with van der Waals surface area (Å²) < 4.78 is 65.3. The third-order valence-corrected chi connectivity index (χ3v) is 21.2. The maximum Gasteiger partial charge on any atom is 0.347 e. The molecular formula is C64H92O18S. The Morgan fingerprint density at radius 1 is 0.651 bits per heavy atom. The Morgan fingerprint density at radius 3 is 1.65 bits per heavy atom. The Bertz CT molecular complexity index is 2630. The van der Waals surface area contributed by atoms with Crippen molar-refractivity contribution < 1.29 is 84.4 Å². The van der Waals surface area contributed by atoms with Crippen LogP contribution in [-0.4, -0.2) is 114 Å². The average molecular weight is 1180 g/mol. The number of carbonyl (C=O) groups is 7. The molecule has 0 spiro atoms. The Labute approximate surface area is 491 Å². The van der Waals surface area contributed by atoms with Gasteiger partial charge in [0.15, 0.2) is 6.61 Å². The highest BCUT2D eigenvalue weighted by Crippen LogP contribution is 2.62. The Kier molecular flexibility index (Phi) is 20.7. The normalized spacial score (nSPS) is 35.8. The largest absolute Gasteiger partial charge is 0.463 e. The molecule has 2 saturated heterocycles. The van der Waals surface area contributed by atoms with Gasteiger partial charge in [0.1, 0.15) is 29.0 Å². The molecule has 83 heavy (non-hydrogen) atoms. The van der Waals surface area contributed by atoms with Crippen LogP contribution in [0.5, 0.6) is 0 Å². The van der Waals surface area contributed by atoms with Gasteiger partial charge in [0.25, 0.3) is 10.1 Å². The monoisotopic (exact) mass is 1180 g/mol. The molecule has 0 aromatic carbocycles. The van der Waals surface area contributed by atoms with E-state index in [0.717, 1.165) is 56.8 Å². The number of fused-ring (bicyclic) bond motifs is 1. The van der Waals surface area contributed by atoms with Gasteiger partial charge in [0, 0.05) is 52.5 Å². The highest BCUT2D eigenvalue weighted by atomic mass is 32.2. The zero-order chi connectivity index (χ0) is 61.1. The van der Waals surface area contributed by atoms with E-state index in [1.165, 1.54) is 71.6 Å². The second kappa shape index (κ2) is 26.2. The number of hydrogen-bond donors (Lipinski definition) is 1. The summed E-state index contributed by atoms with van der Waals surface area (Å²) in [6.07, 6.45) is 18.3. The molecular weight excluding hydrogens is 1090 g/mol. The molecule has 13 aliphatic rings. The quantitative estimate of drug-likeness (QED) is 0.0735. The molecule has 8 atom stereocenters. The highest BCUT2D eigenvalue weighted by Gasteiger charge is 2.66. The predicted octanol–water partition coefficient (Wildman–Crippen LogP) is 9.94. The summed E-state index contributed by atoms with van der Waals surface area (Å²) >= 11 is 0. The van der Waals surface area contributed by atoms with Gasteiger partial charge in [-0.15, -0.1) is 0 Å². The van der Waals surface area contributed by atoms with Crippen molar-refractivity contribution in [1.29, 1.82) is 0 Å². The maximum absolute atomic E-state index is 12.1. The minimum atomic E-state index is -3.53. The molecule has 18 nitrogen and oxygen atoms in total. The average Bonchev–Trinajstić information content (AvgIpc) is 1.93. The molecule has 0 aromatic rings. The third kappa shape index (κ3) is 15.1. The Hall–Kier alpha value is -5.14. The van der Waals surface area contributed by atoms with E-state index in [2.05, 4.69) is 58.4 Å². The molecule has 13 rings (SSSR count). The van der Waals surface area contributed by atoms with Gasteiger partial charge >= 0.3 is 41.8 Å². The molecule has 462 valence electrons. The second-order valence-electron chi connectivity index (χ2n) is 26.7. The molecule has 2 heterocycles. The van der Waals surface area contributed by atoms with Crippen molar-refractivity contribution in [2.75, 3.05) is 13.2 Å². The maximum atomic E-state index is 12.1. The van der Waals surface area contributed by atoms with Gasteiger partial charge in [-0.25, -0.2) is 33.6 Å². The first-order valence-electron chi connectivity index (χ1n) is 30.2. The lowest BCUT2D eigenvalue weighted by Crippen LogP contribution is -2.62. The fourth-order valence-electron chi connectivity index (χ4n) is 16.2. The van der Waals surface area contributed by atoms with Crippen molar-refractivity contribution in [1.82, 2.24) is 0 Å². The summed E-state index contributed by atoms with van der Waals surface area (Å²) in [6.45, 7) is 32.3. The smallest absolute Gasteiger partial charge is 0.347 e. The van der Waals surface area contributed by atoms with Crippen LogP contribution >= 0.6 is 0 Å². The molecule has 13 fully saturated rings. The van der Waals surface area contributed by atoms with E-state index in [9.17, 15) is 47.1 Å². The number of hydrogen-bond acceptors (Lipinski definition) is 18. The SMILES string of the molecule is C=C(C)C(=O)OC1(C(C)C)C2CC3CC(C2)CC1C3.C=C(C)C(=O)OC1(CC)CCCCC1.C=C(C)C(=O)OC12CC3CC(CC(O)(C3)C1)C2.C=C(C)C(=O)OC1CCOC1=O.C=C(C)C(=O)OCC(=O)OC1C2CC3C1OS(=O)(=O)C3C2. The van der Waals surface area contributed by atoms with Crippen LogP contribution in [0.15, 0.2) is 60.8 Å². The summed E-state index contributed by atoms with van der Waals surface area (Å²) in [5.41, 5.74) is 0.613. The molecule has 19 heteroatoms. The summed E-state index contributed by atoms with van der Waals surface area (Å²) in [7, 11) is -3.53. The van der Waals surface area contributed by atoms with Crippen LogP contribution in [0.2, 0.25) is 0 Å². The summed E-state index contributed by atoms with van der Waals surface area (Å²) in [6, 6.07) is 0. The van der Waals surface area contributed by atoms with Crippen LogP contribution in [0.3, 0.4) is 0 Å². The van der Waals surface area contributed by atoms with Crippen molar-refractivity contribution in [3.05, 3.63) is 60.8 Å². The van der Waals surface area contributed by atoms with Crippen LogP contribution in [0.25, 0.3) is 0 Å². The highest BCUT2D eigenvalue weighted by molar-refractivity contribution is 7.87. The number of carbonyl (C=O) groups excluding carboxylic acids is 7. The van der Waals surface area contributed by atoms with Crippen LogP contribution < -0.4 is 0 Å². The standard InChI is InChI=1S/C17H26O2.C14H20O3.C13H16O7S.C12H20O2.C8H10O4/c1-10(2)16(18)19-17(11(3)4)14-6-12-5-13(8-14)9-15(17)7-12;1-9(2)12(15)17-14-6-10-3-11(7-14)5-13(16,4-10)8-14;1-6(2)13(15)18-5-10(14)19-11-7-3-8-9(4-7)21(16,17)20-12(8)11;1-4-12(8-6-5-7-9-12)14-11(13)10(2)3;1-5(2)7(9)12-6-3-4-11-8(6)10/h11-15H,1,5-9H2,2-4H3;10-11,16H,1,3-8H2,2H3;7-9,11-12H,1,3-5H2,2H3;2,4-9H2,1,3H3;6H,1,3-4H2,2H3. The fourth-order valence-corrected chi connectivity index (χ4v) is 18.1. The minimum absolute atomic E-state index is 0.00284. The summed E-state index contributed by atoms with van der Waals surface area (Å²) in [5, 5.41) is 10.1. The summed E-state index contributed by atoms with van der Waals surface area (Å²) in [5.74, 6) is 1.30. The first-order chi connectivity index (χ1) is 38.8. The van der Waals surface area contributed by atoms with Crippen molar-refractivity contribution in [3.63, 3.8) is 0 Å². The van der Waals surface area contributed by atoms with Crippen LogP contribution in [-0.2, 0) is 81.0 Å². The lowest BCUT2D eigenvalue weighted by atomic mass is 9.47. The van der Waals surface area contributed by atoms with Crippen LogP contribution in [0.4, 0.5) is 0 Å². The van der Waals surface area contributed by atoms with E-state index in [4.69, 9.17) is 32.6 Å². The van der Waals surface area contributed by atoms with Gasteiger partial charge in [-0.05, 0) is 185 Å². The second-order valence-corrected chi connectivity index (χ2v) is 28.5. The molecule has 11 aliphatic carbocycles. The first kappa shape index (κ1) is 65.4. The van der Waals surface area contributed by atoms with Crippen molar-refractivity contribution in [2.45, 2.75) is 230 Å². The zero-order valence-electron chi connectivity index (χ0n) is 50.4. The molecule has 2 aliphatic heterocycles. The zero-order valence-corrected chi connectivity index (χ0v) is 51.2. The van der Waals surface area contributed by atoms with Gasteiger partial charge in [0.2, 0.25) is 6.10 Å². The van der Waals surface area contributed by atoms with Crippen molar-refractivity contribution >= 4 is 51.9 Å².